The molecule has 1 aromatic rings. The van der Waals surface area contributed by atoms with Crippen molar-refractivity contribution >= 4 is 11.5 Å². The summed E-state index contributed by atoms with van der Waals surface area (Å²) >= 11 is 0. The van der Waals surface area contributed by atoms with Gasteiger partial charge in [0.15, 0.2) is 0 Å². The molecule has 1 aromatic heterocycles. The lowest BCUT2D eigenvalue weighted by Crippen LogP contribution is -2.10. The molecule has 0 aromatic carbocycles. The van der Waals surface area contributed by atoms with E-state index in [0.29, 0.717) is 5.82 Å². The molecular weight excluding hydrogens is 138 g/mol. The molecule has 0 saturated heterocycles. The summed E-state index contributed by atoms with van der Waals surface area (Å²) in [6.45, 7) is 3.62. The van der Waals surface area contributed by atoms with Gasteiger partial charge in [-0.25, -0.2) is 4.98 Å². The Balaban J connectivity index is 3.02. The first kappa shape index (κ1) is 7.60. The maximum Gasteiger partial charge on any atom is 0.147 e. The van der Waals surface area contributed by atoms with Crippen molar-refractivity contribution in [3.63, 3.8) is 0 Å². The molecule has 58 valence electrons. The second kappa shape index (κ2) is 3.05. The van der Waals surface area contributed by atoms with Crippen molar-refractivity contribution in [3.8, 4) is 0 Å². The summed E-state index contributed by atoms with van der Waals surface area (Å²) < 4.78 is 0. The Morgan fingerprint density at radius 3 is 3.00 bits per heavy atom. The van der Waals surface area contributed by atoms with Gasteiger partial charge in [0, 0.05) is 13.2 Å². The Kier molecular flexibility index (Phi) is 2.11. The zero-order chi connectivity index (χ0) is 8.27. The normalized spacial score (nSPS) is 9.18. The number of nitrogens with zero attached hydrogens (tertiary/aromatic N) is 2. The number of rotatable bonds is 2. The van der Waals surface area contributed by atoms with Gasteiger partial charge < -0.3 is 10.6 Å². The minimum absolute atomic E-state index is 0.523. The molecule has 0 aliphatic rings. The van der Waals surface area contributed by atoms with Gasteiger partial charge in [0.1, 0.15) is 5.82 Å². The van der Waals surface area contributed by atoms with E-state index in [2.05, 4.69) is 11.6 Å². The highest BCUT2D eigenvalue weighted by Crippen LogP contribution is 2.17. The van der Waals surface area contributed by atoms with Gasteiger partial charge in [-0.2, -0.15) is 0 Å². The van der Waals surface area contributed by atoms with Crippen molar-refractivity contribution in [2.45, 2.75) is 0 Å². The largest absolute Gasteiger partial charge is 0.382 e. The Morgan fingerprint density at radius 2 is 2.45 bits per heavy atom. The lowest BCUT2D eigenvalue weighted by atomic mass is 10.3. The Morgan fingerprint density at radius 1 is 1.73 bits per heavy atom. The van der Waals surface area contributed by atoms with Crippen LogP contribution in [0.25, 0.3) is 0 Å². The molecule has 0 atom stereocenters. The van der Waals surface area contributed by atoms with Crippen LogP contribution in [0.5, 0.6) is 0 Å². The van der Waals surface area contributed by atoms with Gasteiger partial charge in [-0.3, -0.25) is 0 Å². The summed E-state index contributed by atoms with van der Waals surface area (Å²) in [6, 6.07) is 3.73. The van der Waals surface area contributed by atoms with Gasteiger partial charge in [0.2, 0.25) is 0 Å². The summed E-state index contributed by atoms with van der Waals surface area (Å²) in [4.78, 5) is 5.76. The monoisotopic (exact) mass is 149 g/mol. The Bertz CT molecular complexity index is 257. The number of nitrogens with two attached hydrogens (primary N) is 1. The third-order valence-electron chi connectivity index (χ3n) is 1.47. The smallest absolute Gasteiger partial charge is 0.147 e. The molecule has 0 aliphatic carbocycles. The van der Waals surface area contributed by atoms with E-state index in [1.807, 2.05) is 24.1 Å². The molecule has 3 heteroatoms. The van der Waals surface area contributed by atoms with Gasteiger partial charge in [-0.05, 0) is 18.3 Å². The van der Waals surface area contributed by atoms with Crippen LogP contribution in [0.3, 0.4) is 0 Å². The standard InChI is InChI=1S/C8H11N3/c1-3-11(2)7-5-4-6-10-8(7)9/h3-6H,1H2,2H3,(H2,9,10). The van der Waals surface area contributed by atoms with Crippen molar-refractivity contribution in [1.29, 1.82) is 0 Å². The fourth-order valence-corrected chi connectivity index (χ4v) is 0.806. The summed E-state index contributed by atoms with van der Waals surface area (Å²) in [6.07, 6.45) is 3.35. The van der Waals surface area contributed by atoms with Crippen molar-refractivity contribution in [1.82, 2.24) is 4.98 Å². The van der Waals surface area contributed by atoms with Crippen LogP contribution in [-0.4, -0.2) is 12.0 Å². The number of hydrogen-bond donors (Lipinski definition) is 1. The van der Waals surface area contributed by atoms with Crippen LogP contribution in [0.2, 0.25) is 0 Å². The average molecular weight is 149 g/mol. The Labute approximate surface area is 66.2 Å². The lowest BCUT2D eigenvalue weighted by molar-refractivity contribution is 1.18. The average Bonchev–Trinajstić information content (AvgIpc) is 2.04. The molecule has 0 radical (unpaired) electrons. The minimum atomic E-state index is 0.523. The van der Waals surface area contributed by atoms with E-state index >= 15 is 0 Å². The molecule has 1 heterocycles. The van der Waals surface area contributed by atoms with Crippen LogP contribution in [0.15, 0.2) is 31.1 Å². The quantitative estimate of drug-likeness (QED) is 0.688. The van der Waals surface area contributed by atoms with Crippen LogP contribution < -0.4 is 10.6 Å². The number of anilines is 2. The fourth-order valence-electron chi connectivity index (χ4n) is 0.806. The molecule has 0 unspecified atom stereocenters. The minimum Gasteiger partial charge on any atom is -0.382 e. The van der Waals surface area contributed by atoms with Crippen LogP contribution >= 0.6 is 0 Å². The maximum atomic E-state index is 5.60. The zero-order valence-electron chi connectivity index (χ0n) is 6.49. The van der Waals surface area contributed by atoms with Gasteiger partial charge in [-0.15, -0.1) is 0 Å². The number of pyridine rings is 1. The third-order valence-corrected chi connectivity index (χ3v) is 1.47. The molecule has 3 nitrogen and oxygen atoms in total. The number of nitrogen functional groups attached to an aromatic ring is 1. The topological polar surface area (TPSA) is 42.2 Å². The van der Waals surface area contributed by atoms with E-state index in [0.717, 1.165) is 5.69 Å². The van der Waals surface area contributed by atoms with Gasteiger partial charge in [0.25, 0.3) is 0 Å². The second-order valence-electron chi connectivity index (χ2n) is 2.20. The number of hydrogen-bond acceptors (Lipinski definition) is 3. The van der Waals surface area contributed by atoms with Gasteiger partial charge in [-0.1, -0.05) is 6.58 Å². The van der Waals surface area contributed by atoms with E-state index in [9.17, 15) is 0 Å². The summed E-state index contributed by atoms with van der Waals surface area (Å²) in [5.74, 6) is 0.523. The predicted octanol–water partition coefficient (Wildman–Crippen LogP) is 1.24. The highest BCUT2D eigenvalue weighted by molar-refractivity contribution is 5.63. The van der Waals surface area contributed by atoms with Crippen molar-refractivity contribution < 1.29 is 0 Å². The number of aromatic nitrogens is 1. The lowest BCUT2D eigenvalue weighted by Gasteiger charge is -2.13. The van der Waals surface area contributed by atoms with Crippen molar-refractivity contribution in [2.75, 3.05) is 17.7 Å². The SMILES string of the molecule is C=CN(C)c1cccnc1N. The van der Waals surface area contributed by atoms with E-state index in [1.54, 1.807) is 12.4 Å². The molecule has 1 rings (SSSR count). The molecule has 0 saturated carbocycles. The van der Waals surface area contributed by atoms with E-state index in [1.165, 1.54) is 0 Å². The second-order valence-corrected chi connectivity index (χ2v) is 2.20. The molecule has 0 aliphatic heterocycles. The summed E-state index contributed by atoms with van der Waals surface area (Å²) in [5, 5.41) is 0. The predicted molar refractivity (Wildman–Crippen MR) is 47.2 cm³/mol. The van der Waals surface area contributed by atoms with Crippen LogP contribution in [0, 0.1) is 0 Å². The van der Waals surface area contributed by atoms with Crippen LogP contribution in [0.1, 0.15) is 0 Å². The molecular formula is C8H11N3. The van der Waals surface area contributed by atoms with Crippen LogP contribution in [-0.2, 0) is 0 Å². The van der Waals surface area contributed by atoms with E-state index < -0.39 is 0 Å². The highest BCUT2D eigenvalue weighted by Gasteiger charge is 1.99. The highest BCUT2D eigenvalue weighted by atomic mass is 15.1. The van der Waals surface area contributed by atoms with Crippen molar-refractivity contribution in [2.24, 2.45) is 0 Å². The van der Waals surface area contributed by atoms with Gasteiger partial charge in [0.05, 0.1) is 5.69 Å². The molecule has 2 N–H and O–H groups in total. The molecule has 11 heavy (non-hydrogen) atoms. The van der Waals surface area contributed by atoms with Crippen LogP contribution in [0.4, 0.5) is 11.5 Å². The molecule has 0 fully saturated rings. The van der Waals surface area contributed by atoms with Crippen molar-refractivity contribution in [3.05, 3.63) is 31.1 Å². The summed E-state index contributed by atoms with van der Waals surface area (Å²) in [7, 11) is 1.88. The van der Waals surface area contributed by atoms with Gasteiger partial charge >= 0.3 is 0 Å². The fraction of sp³-hybridized carbons (Fsp3) is 0.125. The molecule has 0 bridgehead atoms. The first-order valence-electron chi connectivity index (χ1n) is 3.31. The summed E-state index contributed by atoms with van der Waals surface area (Å²) in [5.41, 5.74) is 6.47. The maximum absolute atomic E-state index is 5.60. The van der Waals surface area contributed by atoms with E-state index in [-0.39, 0.29) is 0 Å². The van der Waals surface area contributed by atoms with E-state index in [4.69, 9.17) is 5.73 Å². The molecule has 0 amide bonds. The first-order valence-corrected chi connectivity index (χ1v) is 3.31. The molecule has 0 spiro atoms. The third kappa shape index (κ3) is 1.49. The zero-order valence-corrected chi connectivity index (χ0v) is 6.49. The first-order chi connectivity index (χ1) is 5.25. The Hall–Kier alpha value is -1.51.